The van der Waals surface area contributed by atoms with E-state index in [2.05, 4.69) is 15.6 Å². The Morgan fingerprint density at radius 2 is 2.22 bits per heavy atom. The summed E-state index contributed by atoms with van der Waals surface area (Å²) >= 11 is 0. The second-order valence-corrected chi connectivity index (χ2v) is 7.12. The predicted octanol–water partition coefficient (Wildman–Crippen LogP) is 2.72. The van der Waals surface area contributed by atoms with Gasteiger partial charge in [-0.25, -0.2) is 9.38 Å². The number of hydrogen-bond acceptors (Lipinski definition) is 4. The van der Waals surface area contributed by atoms with Gasteiger partial charge in [-0.3, -0.25) is 0 Å². The van der Waals surface area contributed by atoms with Crippen molar-refractivity contribution in [3.63, 3.8) is 0 Å². The standard InChI is InChI=1S/C20H28FN3O3/c1-3-22-19(24-12-20(6-8-25)7-9-26-13-20)23-11-18-14(2)16-10-15(21)4-5-17(16)27-18/h4-5,10,25H,3,6-9,11-13H2,1-2H3,(H2,22,23,24). The van der Waals surface area contributed by atoms with Gasteiger partial charge in [-0.15, -0.1) is 0 Å². The van der Waals surface area contributed by atoms with E-state index in [1.807, 2.05) is 13.8 Å². The topological polar surface area (TPSA) is 79.0 Å². The third-order valence-corrected chi connectivity index (χ3v) is 5.18. The zero-order valence-corrected chi connectivity index (χ0v) is 16.0. The highest BCUT2D eigenvalue weighted by molar-refractivity contribution is 5.82. The summed E-state index contributed by atoms with van der Waals surface area (Å²) in [5.74, 6) is 1.14. The Kier molecular flexibility index (Phi) is 6.34. The van der Waals surface area contributed by atoms with Crippen LogP contribution < -0.4 is 10.6 Å². The predicted molar refractivity (Wildman–Crippen MR) is 103 cm³/mol. The molecule has 3 rings (SSSR count). The van der Waals surface area contributed by atoms with Crippen LogP contribution in [0.5, 0.6) is 0 Å². The van der Waals surface area contributed by atoms with Crippen LogP contribution in [0.25, 0.3) is 11.0 Å². The molecule has 1 aliphatic heterocycles. The van der Waals surface area contributed by atoms with Crippen LogP contribution in [0.4, 0.5) is 4.39 Å². The largest absolute Gasteiger partial charge is 0.459 e. The highest BCUT2D eigenvalue weighted by atomic mass is 19.1. The van der Waals surface area contributed by atoms with Gasteiger partial charge in [-0.05, 0) is 44.9 Å². The Balaban J connectivity index is 1.71. The molecule has 1 aromatic carbocycles. The van der Waals surface area contributed by atoms with E-state index < -0.39 is 0 Å². The molecule has 148 valence electrons. The molecule has 1 saturated heterocycles. The van der Waals surface area contributed by atoms with E-state index in [0.29, 0.717) is 37.7 Å². The van der Waals surface area contributed by atoms with Gasteiger partial charge in [0.15, 0.2) is 5.96 Å². The zero-order valence-electron chi connectivity index (χ0n) is 16.0. The van der Waals surface area contributed by atoms with E-state index in [1.54, 1.807) is 6.07 Å². The normalized spacial score (nSPS) is 20.4. The molecule has 3 N–H and O–H groups in total. The maximum absolute atomic E-state index is 13.5. The number of aryl methyl sites for hydroxylation is 1. The summed E-state index contributed by atoms with van der Waals surface area (Å²) in [6, 6.07) is 4.53. The molecule has 7 heteroatoms. The number of nitrogens with zero attached hydrogens (tertiary/aromatic N) is 1. The number of fused-ring (bicyclic) bond motifs is 1. The Morgan fingerprint density at radius 3 is 2.93 bits per heavy atom. The van der Waals surface area contributed by atoms with Gasteiger partial charge in [0, 0.05) is 42.7 Å². The highest BCUT2D eigenvalue weighted by Crippen LogP contribution is 2.31. The second kappa shape index (κ2) is 8.71. The molecule has 1 fully saturated rings. The van der Waals surface area contributed by atoms with Gasteiger partial charge in [0.25, 0.3) is 0 Å². The quantitative estimate of drug-likeness (QED) is 0.511. The molecule has 1 aromatic heterocycles. The van der Waals surface area contributed by atoms with Crippen molar-refractivity contribution < 1.29 is 18.7 Å². The van der Waals surface area contributed by atoms with E-state index in [9.17, 15) is 9.50 Å². The van der Waals surface area contributed by atoms with Crippen molar-refractivity contribution in [2.75, 3.05) is 32.9 Å². The van der Waals surface area contributed by atoms with Crippen molar-refractivity contribution in [1.29, 1.82) is 0 Å². The van der Waals surface area contributed by atoms with E-state index in [0.717, 1.165) is 36.3 Å². The minimum Gasteiger partial charge on any atom is -0.459 e. The lowest BCUT2D eigenvalue weighted by Crippen LogP contribution is -2.44. The van der Waals surface area contributed by atoms with Crippen molar-refractivity contribution in [2.24, 2.45) is 10.4 Å². The Bertz CT molecular complexity index is 797. The lowest BCUT2D eigenvalue weighted by Gasteiger charge is -2.27. The Labute approximate surface area is 158 Å². The fourth-order valence-electron chi connectivity index (χ4n) is 3.47. The number of rotatable bonds is 7. The van der Waals surface area contributed by atoms with Crippen molar-refractivity contribution >= 4 is 16.9 Å². The number of aliphatic hydroxyl groups is 1. The molecule has 0 radical (unpaired) electrons. The minimum absolute atomic E-state index is 0.0578. The lowest BCUT2D eigenvalue weighted by molar-refractivity contribution is 0.127. The molecule has 0 saturated carbocycles. The zero-order chi connectivity index (χ0) is 19.3. The van der Waals surface area contributed by atoms with E-state index >= 15 is 0 Å². The van der Waals surface area contributed by atoms with Gasteiger partial charge in [0.05, 0.1) is 6.61 Å². The van der Waals surface area contributed by atoms with Gasteiger partial charge < -0.3 is 24.9 Å². The third-order valence-electron chi connectivity index (χ3n) is 5.18. The fourth-order valence-corrected chi connectivity index (χ4v) is 3.47. The highest BCUT2D eigenvalue weighted by Gasteiger charge is 2.34. The molecular formula is C20H28FN3O3. The smallest absolute Gasteiger partial charge is 0.191 e. The van der Waals surface area contributed by atoms with Crippen LogP contribution in [0.15, 0.2) is 27.6 Å². The van der Waals surface area contributed by atoms with Gasteiger partial charge in [-0.2, -0.15) is 0 Å². The summed E-state index contributed by atoms with van der Waals surface area (Å²) in [6.07, 6.45) is 1.63. The molecule has 27 heavy (non-hydrogen) atoms. The molecule has 1 unspecified atom stereocenters. The molecule has 2 heterocycles. The maximum Gasteiger partial charge on any atom is 0.191 e. The van der Waals surface area contributed by atoms with Crippen molar-refractivity contribution in [3.05, 3.63) is 35.3 Å². The van der Waals surface area contributed by atoms with Crippen LogP contribution in [0.2, 0.25) is 0 Å². The average molecular weight is 377 g/mol. The minimum atomic E-state index is -0.274. The second-order valence-electron chi connectivity index (χ2n) is 7.12. The number of furan rings is 1. The summed E-state index contributed by atoms with van der Waals surface area (Å²) < 4.78 is 24.8. The number of nitrogens with one attached hydrogen (secondary N) is 2. The first kappa shape index (κ1) is 19.6. The molecular weight excluding hydrogens is 349 g/mol. The van der Waals surface area contributed by atoms with Crippen LogP contribution in [0.1, 0.15) is 31.1 Å². The van der Waals surface area contributed by atoms with Crippen LogP contribution in [-0.4, -0.2) is 44.0 Å². The summed E-state index contributed by atoms with van der Waals surface area (Å²) in [6.45, 7) is 7.23. The van der Waals surface area contributed by atoms with Crippen molar-refractivity contribution in [2.45, 2.75) is 33.2 Å². The molecule has 0 aliphatic carbocycles. The number of aliphatic hydroxyl groups excluding tert-OH is 1. The molecule has 1 atom stereocenters. The Hall–Kier alpha value is -2.12. The first-order chi connectivity index (χ1) is 13.1. The molecule has 0 spiro atoms. The van der Waals surface area contributed by atoms with Gasteiger partial charge in [0.1, 0.15) is 23.7 Å². The number of guanidine groups is 1. The van der Waals surface area contributed by atoms with E-state index in [-0.39, 0.29) is 17.8 Å². The van der Waals surface area contributed by atoms with Crippen LogP contribution in [0, 0.1) is 18.2 Å². The molecule has 0 amide bonds. The lowest BCUT2D eigenvalue weighted by atomic mass is 9.84. The monoisotopic (exact) mass is 377 g/mol. The van der Waals surface area contributed by atoms with Crippen LogP contribution in [-0.2, 0) is 11.3 Å². The van der Waals surface area contributed by atoms with Crippen LogP contribution in [0.3, 0.4) is 0 Å². The summed E-state index contributed by atoms with van der Waals surface area (Å²) in [5.41, 5.74) is 1.52. The maximum atomic E-state index is 13.5. The number of halogens is 1. The summed E-state index contributed by atoms with van der Waals surface area (Å²) in [7, 11) is 0. The van der Waals surface area contributed by atoms with Crippen LogP contribution >= 0.6 is 0 Å². The molecule has 1 aliphatic rings. The van der Waals surface area contributed by atoms with Crippen molar-refractivity contribution in [1.82, 2.24) is 10.6 Å². The fraction of sp³-hybridized carbons (Fsp3) is 0.550. The summed E-state index contributed by atoms with van der Waals surface area (Å²) in [4.78, 5) is 4.62. The van der Waals surface area contributed by atoms with Gasteiger partial charge >= 0.3 is 0 Å². The first-order valence-corrected chi connectivity index (χ1v) is 9.45. The van der Waals surface area contributed by atoms with Gasteiger partial charge in [-0.1, -0.05) is 0 Å². The third kappa shape index (κ3) is 4.59. The molecule has 6 nitrogen and oxygen atoms in total. The van der Waals surface area contributed by atoms with Gasteiger partial charge in [0.2, 0.25) is 0 Å². The Morgan fingerprint density at radius 1 is 1.37 bits per heavy atom. The number of aliphatic imine (C=N–C) groups is 1. The first-order valence-electron chi connectivity index (χ1n) is 9.45. The van der Waals surface area contributed by atoms with E-state index in [4.69, 9.17) is 9.15 Å². The number of benzene rings is 1. The van der Waals surface area contributed by atoms with E-state index in [1.165, 1.54) is 12.1 Å². The number of hydrogen-bond donors (Lipinski definition) is 3. The molecule has 0 bridgehead atoms. The molecule has 2 aromatic rings. The summed E-state index contributed by atoms with van der Waals surface area (Å²) in [5, 5.41) is 16.7. The number of ether oxygens (including phenoxy) is 1. The average Bonchev–Trinajstić information content (AvgIpc) is 3.24. The van der Waals surface area contributed by atoms with Crippen molar-refractivity contribution in [3.8, 4) is 0 Å². The SMILES string of the molecule is CCNC(=NCc1oc2ccc(F)cc2c1C)NCC1(CCO)CCOC1.